The molecule has 0 aliphatic rings. The predicted molar refractivity (Wildman–Crippen MR) is 71.9 cm³/mol. The van der Waals surface area contributed by atoms with Crippen LogP contribution in [-0.2, 0) is 4.79 Å². The van der Waals surface area contributed by atoms with Crippen LogP contribution in [0.4, 0.5) is 0 Å². The van der Waals surface area contributed by atoms with E-state index in [1.54, 1.807) is 6.92 Å². The minimum Gasteiger partial charge on any atom is -0.288 e. The fraction of sp³-hybridized carbons (Fsp3) is 0.462. The minimum atomic E-state index is -1.71. The molecule has 0 saturated carbocycles. The lowest BCUT2D eigenvalue weighted by atomic mass is 10.3. The summed E-state index contributed by atoms with van der Waals surface area (Å²) in [5.41, 5.74) is 0. The first-order valence-corrected chi connectivity index (χ1v) is 6.77. The van der Waals surface area contributed by atoms with Crippen LogP contribution in [-0.4, -0.2) is 5.12 Å². The molecule has 1 nitrogen and oxygen atoms in total. The van der Waals surface area contributed by atoms with Gasteiger partial charge in [0.05, 0.1) is 0 Å². The first-order valence-electron chi connectivity index (χ1n) is 5.14. The summed E-state index contributed by atoms with van der Waals surface area (Å²) in [6.07, 6.45) is 1.87. The summed E-state index contributed by atoms with van der Waals surface area (Å²) in [7, 11) is -1.71. The Bertz CT molecular complexity index is 276. The zero-order valence-corrected chi connectivity index (χ0v) is 11.2. The monoisotopic (exact) mass is 226 g/mol. The van der Waals surface area contributed by atoms with Crippen LogP contribution in [0.15, 0.2) is 34.5 Å². The lowest BCUT2D eigenvalue weighted by Gasteiger charge is -2.40. The van der Waals surface area contributed by atoms with Gasteiger partial charge in [0.15, 0.2) is 5.12 Å². The summed E-state index contributed by atoms with van der Waals surface area (Å²) in [6, 6.07) is 0. The van der Waals surface area contributed by atoms with E-state index >= 15 is 0 Å². The SMILES string of the molecule is C=C(C)S(C(=C)C)(C(=C)CCC)C(C)=O. The van der Waals surface area contributed by atoms with Crippen LogP contribution in [0.2, 0.25) is 0 Å². The molecule has 0 N–H and O–H groups in total. The standard InChI is InChI=1S/C13H22OS/c1-8-9-12(6)15(10(2)3,11(4)5)13(7)14/h2,4,6,8-9H2,1,3,5,7H3. The Kier molecular flexibility index (Phi) is 5.09. The average Bonchev–Trinajstić information content (AvgIpc) is 2.02. The van der Waals surface area contributed by atoms with Crippen molar-refractivity contribution in [1.82, 2.24) is 0 Å². The lowest BCUT2D eigenvalue weighted by Crippen LogP contribution is -2.12. The zero-order valence-electron chi connectivity index (χ0n) is 10.4. The minimum absolute atomic E-state index is 0.154. The topological polar surface area (TPSA) is 17.1 Å². The summed E-state index contributed by atoms with van der Waals surface area (Å²) in [4.78, 5) is 14.7. The third-order valence-electron chi connectivity index (χ3n) is 2.44. The van der Waals surface area contributed by atoms with Crippen molar-refractivity contribution in [2.75, 3.05) is 0 Å². The fourth-order valence-corrected chi connectivity index (χ4v) is 5.39. The van der Waals surface area contributed by atoms with Gasteiger partial charge >= 0.3 is 0 Å². The van der Waals surface area contributed by atoms with Crippen molar-refractivity contribution in [1.29, 1.82) is 0 Å². The molecule has 0 aromatic carbocycles. The van der Waals surface area contributed by atoms with Gasteiger partial charge in [0, 0.05) is 6.92 Å². The van der Waals surface area contributed by atoms with Gasteiger partial charge in [0.25, 0.3) is 0 Å². The molecule has 0 aromatic rings. The second-order valence-electron chi connectivity index (χ2n) is 3.80. The van der Waals surface area contributed by atoms with Crippen LogP contribution in [0, 0.1) is 0 Å². The third kappa shape index (κ3) is 2.43. The molecule has 0 aliphatic carbocycles. The van der Waals surface area contributed by atoms with E-state index in [0.29, 0.717) is 0 Å². The number of hydrogen-bond acceptors (Lipinski definition) is 1. The molecule has 0 unspecified atom stereocenters. The Morgan fingerprint density at radius 2 is 1.47 bits per heavy atom. The molecule has 15 heavy (non-hydrogen) atoms. The predicted octanol–water partition coefficient (Wildman–Crippen LogP) is 4.72. The molecule has 0 heterocycles. The van der Waals surface area contributed by atoms with Gasteiger partial charge in [-0.1, -0.05) is 33.1 Å². The molecule has 0 fully saturated rings. The molecule has 0 amide bonds. The molecule has 0 rings (SSSR count). The Morgan fingerprint density at radius 3 is 1.67 bits per heavy atom. The molecule has 0 aliphatic heterocycles. The Labute approximate surface area is 95.3 Å². The highest BCUT2D eigenvalue weighted by molar-refractivity contribution is 8.53. The first kappa shape index (κ1) is 14.2. The average molecular weight is 226 g/mol. The van der Waals surface area contributed by atoms with E-state index in [-0.39, 0.29) is 5.12 Å². The smallest absolute Gasteiger partial charge is 0.180 e. The molecule has 2 heteroatoms. The van der Waals surface area contributed by atoms with E-state index in [1.165, 1.54) is 0 Å². The molecule has 0 aromatic heterocycles. The van der Waals surface area contributed by atoms with E-state index in [0.717, 1.165) is 27.6 Å². The fourth-order valence-electron chi connectivity index (χ4n) is 1.92. The Hall–Kier alpha value is -0.760. The second-order valence-corrected chi connectivity index (χ2v) is 7.57. The van der Waals surface area contributed by atoms with Gasteiger partial charge in [-0.25, -0.2) is 0 Å². The summed E-state index contributed by atoms with van der Waals surface area (Å²) in [6.45, 7) is 19.5. The number of allylic oxidation sites excluding steroid dienone is 3. The Morgan fingerprint density at radius 1 is 1.07 bits per heavy atom. The van der Waals surface area contributed by atoms with Crippen molar-refractivity contribution < 1.29 is 4.79 Å². The third-order valence-corrected chi connectivity index (χ3v) is 6.46. The van der Waals surface area contributed by atoms with Crippen LogP contribution in [0.5, 0.6) is 0 Å². The van der Waals surface area contributed by atoms with Crippen LogP contribution >= 0.6 is 10.0 Å². The van der Waals surface area contributed by atoms with Crippen molar-refractivity contribution in [3.05, 3.63) is 34.5 Å². The van der Waals surface area contributed by atoms with E-state index in [1.807, 2.05) is 13.8 Å². The normalized spacial score (nSPS) is 12.0. The van der Waals surface area contributed by atoms with Crippen molar-refractivity contribution in [3.63, 3.8) is 0 Å². The molecular weight excluding hydrogens is 204 g/mol. The number of rotatable bonds is 5. The highest BCUT2D eigenvalue weighted by Crippen LogP contribution is 2.67. The summed E-state index contributed by atoms with van der Waals surface area (Å²) >= 11 is 0. The van der Waals surface area contributed by atoms with Gasteiger partial charge in [0.2, 0.25) is 0 Å². The first-order chi connectivity index (χ1) is 6.81. The van der Waals surface area contributed by atoms with Crippen LogP contribution in [0.3, 0.4) is 0 Å². The molecule has 0 bridgehead atoms. The maximum atomic E-state index is 11.9. The largest absolute Gasteiger partial charge is 0.288 e. The zero-order chi connectivity index (χ0) is 12.2. The highest BCUT2D eigenvalue weighted by atomic mass is 32.3. The van der Waals surface area contributed by atoms with Gasteiger partial charge in [-0.15, -0.1) is 10.0 Å². The van der Waals surface area contributed by atoms with E-state index in [2.05, 4.69) is 26.7 Å². The van der Waals surface area contributed by atoms with Crippen LogP contribution in [0.25, 0.3) is 0 Å². The van der Waals surface area contributed by atoms with Gasteiger partial charge in [-0.3, -0.25) is 4.79 Å². The van der Waals surface area contributed by atoms with E-state index in [9.17, 15) is 4.79 Å². The van der Waals surface area contributed by atoms with Gasteiger partial charge in [-0.05, 0) is 35.0 Å². The maximum Gasteiger partial charge on any atom is 0.180 e. The lowest BCUT2D eigenvalue weighted by molar-refractivity contribution is -0.109. The second kappa shape index (κ2) is 5.36. The molecule has 0 saturated heterocycles. The van der Waals surface area contributed by atoms with Gasteiger partial charge in [-0.2, -0.15) is 0 Å². The molecular formula is C13H22OS. The van der Waals surface area contributed by atoms with Crippen molar-refractivity contribution in [3.8, 4) is 0 Å². The summed E-state index contributed by atoms with van der Waals surface area (Å²) < 4.78 is 0. The number of carbonyl (C=O) groups is 1. The van der Waals surface area contributed by atoms with E-state index < -0.39 is 10.0 Å². The van der Waals surface area contributed by atoms with Gasteiger partial charge in [0.1, 0.15) is 0 Å². The maximum absolute atomic E-state index is 11.9. The quantitative estimate of drug-likeness (QED) is 0.663. The van der Waals surface area contributed by atoms with E-state index in [4.69, 9.17) is 0 Å². The number of hydrogen-bond donors (Lipinski definition) is 0. The summed E-state index contributed by atoms with van der Waals surface area (Å²) in [5.74, 6) is 0. The summed E-state index contributed by atoms with van der Waals surface area (Å²) in [5, 5.41) is 0.154. The van der Waals surface area contributed by atoms with Crippen molar-refractivity contribution in [2.45, 2.75) is 40.5 Å². The molecule has 0 atom stereocenters. The molecule has 0 radical (unpaired) electrons. The van der Waals surface area contributed by atoms with Crippen molar-refractivity contribution in [2.24, 2.45) is 0 Å². The number of carbonyl (C=O) groups excluding carboxylic acids is 1. The van der Waals surface area contributed by atoms with Crippen molar-refractivity contribution >= 4 is 15.1 Å². The highest BCUT2D eigenvalue weighted by Gasteiger charge is 2.33. The van der Waals surface area contributed by atoms with Crippen LogP contribution in [0.1, 0.15) is 40.5 Å². The van der Waals surface area contributed by atoms with Crippen LogP contribution < -0.4 is 0 Å². The molecule has 86 valence electrons. The Balaban J connectivity index is 5.53. The molecule has 0 spiro atoms. The van der Waals surface area contributed by atoms with Gasteiger partial charge < -0.3 is 0 Å².